The zero-order chi connectivity index (χ0) is 15.9. The lowest BCUT2D eigenvalue weighted by molar-refractivity contribution is -0.142. The molecule has 0 bridgehead atoms. The van der Waals surface area contributed by atoms with Crippen LogP contribution in [0.4, 0.5) is 0 Å². The summed E-state index contributed by atoms with van der Waals surface area (Å²) >= 11 is 0. The third-order valence-corrected chi connectivity index (χ3v) is 3.55. The van der Waals surface area contributed by atoms with Gasteiger partial charge < -0.3 is 15.7 Å². The Kier molecular flexibility index (Phi) is 5.52. The van der Waals surface area contributed by atoms with Crippen LogP contribution in [0.1, 0.15) is 24.8 Å². The summed E-state index contributed by atoms with van der Waals surface area (Å²) in [5.74, 6) is -1.38. The molecule has 1 saturated carbocycles. The normalized spacial score (nSPS) is 14.9. The first-order chi connectivity index (χ1) is 10.5. The van der Waals surface area contributed by atoms with Gasteiger partial charge in [-0.1, -0.05) is 43.2 Å². The summed E-state index contributed by atoms with van der Waals surface area (Å²) in [5.41, 5.74) is 0.859. The lowest BCUT2D eigenvalue weighted by Crippen LogP contribution is -2.45. The second-order valence-electron chi connectivity index (χ2n) is 5.58. The molecule has 1 aliphatic rings. The molecule has 0 aliphatic heterocycles. The van der Waals surface area contributed by atoms with Crippen LogP contribution in [0.2, 0.25) is 0 Å². The Hall–Kier alpha value is -2.37. The van der Waals surface area contributed by atoms with Crippen molar-refractivity contribution in [1.82, 2.24) is 10.6 Å². The molecule has 0 heterocycles. The number of carboxylic acids is 1. The van der Waals surface area contributed by atoms with Gasteiger partial charge in [-0.25, -0.2) is 4.79 Å². The highest BCUT2D eigenvalue weighted by atomic mass is 16.4. The maximum absolute atomic E-state index is 11.7. The first-order valence-corrected chi connectivity index (χ1v) is 7.37. The Morgan fingerprint density at radius 3 is 2.41 bits per heavy atom. The molecule has 2 rings (SSSR count). The standard InChI is InChI=1S/C16H20N2O4/c19-14(9-11-4-2-1-3-5-11)17-10-15(20)18-13(16(21)22)8-12-6-7-12/h1-5,12-13H,6-10H2,(H,17,19)(H,18,20)(H,21,22). The van der Waals surface area contributed by atoms with Gasteiger partial charge in [0.2, 0.25) is 11.8 Å². The largest absolute Gasteiger partial charge is 0.480 e. The fraction of sp³-hybridized carbons (Fsp3) is 0.438. The van der Waals surface area contributed by atoms with Crippen molar-refractivity contribution >= 4 is 17.8 Å². The van der Waals surface area contributed by atoms with Crippen molar-refractivity contribution in [3.05, 3.63) is 35.9 Å². The van der Waals surface area contributed by atoms with E-state index in [0.29, 0.717) is 12.3 Å². The van der Waals surface area contributed by atoms with Gasteiger partial charge in [0.05, 0.1) is 13.0 Å². The minimum Gasteiger partial charge on any atom is -0.480 e. The maximum atomic E-state index is 11.7. The Bertz CT molecular complexity index is 540. The van der Waals surface area contributed by atoms with Crippen LogP contribution >= 0.6 is 0 Å². The number of nitrogens with one attached hydrogen (secondary N) is 2. The van der Waals surface area contributed by atoms with E-state index in [1.807, 2.05) is 30.3 Å². The SMILES string of the molecule is O=C(Cc1ccccc1)NCC(=O)NC(CC1CC1)C(=O)O. The molecule has 1 aromatic carbocycles. The van der Waals surface area contributed by atoms with Crippen molar-refractivity contribution < 1.29 is 19.5 Å². The van der Waals surface area contributed by atoms with Crippen LogP contribution in [0.15, 0.2) is 30.3 Å². The second kappa shape index (κ2) is 7.59. The summed E-state index contributed by atoms with van der Waals surface area (Å²) in [7, 11) is 0. The number of carbonyl (C=O) groups is 3. The number of benzene rings is 1. The lowest BCUT2D eigenvalue weighted by Gasteiger charge is -2.14. The molecule has 1 aliphatic carbocycles. The first kappa shape index (κ1) is 16.0. The van der Waals surface area contributed by atoms with Gasteiger partial charge in [0, 0.05) is 0 Å². The van der Waals surface area contributed by atoms with Gasteiger partial charge in [0.1, 0.15) is 6.04 Å². The molecule has 3 N–H and O–H groups in total. The van der Waals surface area contributed by atoms with Crippen LogP contribution < -0.4 is 10.6 Å². The number of amides is 2. The molecular formula is C16H20N2O4. The summed E-state index contributed by atoms with van der Waals surface area (Å²) in [6.07, 6.45) is 2.69. The van der Waals surface area contributed by atoms with Gasteiger partial charge in [-0.2, -0.15) is 0 Å². The van der Waals surface area contributed by atoms with E-state index in [-0.39, 0.29) is 18.9 Å². The fourth-order valence-electron chi connectivity index (χ4n) is 2.18. The quantitative estimate of drug-likeness (QED) is 0.659. The third kappa shape index (κ3) is 5.55. The molecule has 1 fully saturated rings. The van der Waals surface area contributed by atoms with Crippen molar-refractivity contribution in [2.75, 3.05) is 6.54 Å². The lowest BCUT2D eigenvalue weighted by atomic mass is 10.1. The van der Waals surface area contributed by atoms with Crippen LogP contribution in [0, 0.1) is 5.92 Å². The molecule has 2 amide bonds. The monoisotopic (exact) mass is 304 g/mol. The number of carboxylic acid groups (broad SMARTS) is 1. The smallest absolute Gasteiger partial charge is 0.326 e. The van der Waals surface area contributed by atoms with Crippen LogP contribution in [0.25, 0.3) is 0 Å². The summed E-state index contributed by atoms with van der Waals surface area (Å²) in [5, 5.41) is 14.0. The van der Waals surface area contributed by atoms with E-state index in [9.17, 15) is 14.4 Å². The summed E-state index contributed by atoms with van der Waals surface area (Å²) < 4.78 is 0. The molecule has 6 nitrogen and oxygen atoms in total. The molecule has 118 valence electrons. The molecule has 0 aromatic heterocycles. The van der Waals surface area contributed by atoms with Crippen LogP contribution in [0.5, 0.6) is 0 Å². The zero-order valence-electron chi connectivity index (χ0n) is 12.2. The van der Waals surface area contributed by atoms with Crippen LogP contribution in [-0.4, -0.2) is 35.5 Å². The average Bonchev–Trinajstić information content (AvgIpc) is 3.29. The minimum absolute atomic E-state index is 0.193. The van der Waals surface area contributed by atoms with E-state index >= 15 is 0 Å². The minimum atomic E-state index is -1.03. The van der Waals surface area contributed by atoms with Crippen molar-refractivity contribution in [3.8, 4) is 0 Å². The second-order valence-corrected chi connectivity index (χ2v) is 5.58. The molecule has 1 atom stereocenters. The predicted octanol–water partition coefficient (Wildman–Crippen LogP) is 0.715. The molecule has 22 heavy (non-hydrogen) atoms. The highest BCUT2D eigenvalue weighted by Crippen LogP contribution is 2.33. The fourth-order valence-corrected chi connectivity index (χ4v) is 2.18. The molecule has 1 unspecified atom stereocenters. The molecular weight excluding hydrogens is 284 g/mol. The average molecular weight is 304 g/mol. The van der Waals surface area contributed by atoms with E-state index in [0.717, 1.165) is 18.4 Å². The van der Waals surface area contributed by atoms with E-state index in [1.54, 1.807) is 0 Å². The van der Waals surface area contributed by atoms with Gasteiger partial charge >= 0.3 is 5.97 Å². The third-order valence-electron chi connectivity index (χ3n) is 3.55. The van der Waals surface area contributed by atoms with Crippen LogP contribution in [0.3, 0.4) is 0 Å². The van der Waals surface area contributed by atoms with E-state index in [1.165, 1.54) is 0 Å². The molecule has 1 aromatic rings. The number of hydrogen-bond acceptors (Lipinski definition) is 3. The number of hydrogen-bond donors (Lipinski definition) is 3. The van der Waals surface area contributed by atoms with Crippen LogP contribution in [-0.2, 0) is 20.8 Å². The highest BCUT2D eigenvalue weighted by Gasteiger charge is 2.30. The number of rotatable bonds is 8. The molecule has 0 radical (unpaired) electrons. The van der Waals surface area contributed by atoms with Crippen molar-refractivity contribution in [2.45, 2.75) is 31.7 Å². The zero-order valence-corrected chi connectivity index (χ0v) is 12.2. The predicted molar refractivity (Wildman–Crippen MR) is 80.1 cm³/mol. The van der Waals surface area contributed by atoms with Gasteiger partial charge in [-0.3, -0.25) is 9.59 Å². The van der Waals surface area contributed by atoms with E-state index < -0.39 is 17.9 Å². The summed E-state index contributed by atoms with van der Waals surface area (Å²) in [6, 6.07) is 8.33. The van der Waals surface area contributed by atoms with Gasteiger partial charge in [0.25, 0.3) is 0 Å². The Labute approximate surface area is 128 Å². The number of carbonyl (C=O) groups excluding carboxylic acids is 2. The van der Waals surface area contributed by atoms with E-state index in [4.69, 9.17) is 5.11 Å². The topological polar surface area (TPSA) is 95.5 Å². The first-order valence-electron chi connectivity index (χ1n) is 7.37. The molecule has 0 spiro atoms. The summed E-state index contributed by atoms with van der Waals surface area (Å²) in [6.45, 7) is -0.208. The Morgan fingerprint density at radius 2 is 1.82 bits per heavy atom. The Balaban J connectivity index is 1.71. The Morgan fingerprint density at radius 1 is 1.14 bits per heavy atom. The maximum Gasteiger partial charge on any atom is 0.326 e. The van der Waals surface area contributed by atoms with Crippen molar-refractivity contribution in [2.24, 2.45) is 5.92 Å². The molecule has 0 saturated heterocycles. The van der Waals surface area contributed by atoms with Gasteiger partial charge in [-0.05, 0) is 17.9 Å². The summed E-state index contributed by atoms with van der Waals surface area (Å²) in [4.78, 5) is 34.5. The highest BCUT2D eigenvalue weighted by molar-refractivity contribution is 5.88. The van der Waals surface area contributed by atoms with Gasteiger partial charge in [0.15, 0.2) is 0 Å². The van der Waals surface area contributed by atoms with E-state index in [2.05, 4.69) is 10.6 Å². The van der Waals surface area contributed by atoms with Gasteiger partial charge in [-0.15, -0.1) is 0 Å². The van der Waals surface area contributed by atoms with Crippen molar-refractivity contribution in [3.63, 3.8) is 0 Å². The molecule has 6 heteroatoms. The number of aliphatic carboxylic acids is 1. The van der Waals surface area contributed by atoms with Crippen molar-refractivity contribution in [1.29, 1.82) is 0 Å².